The summed E-state index contributed by atoms with van der Waals surface area (Å²) in [6.45, 7) is 1.95. The van der Waals surface area contributed by atoms with Crippen molar-refractivity contribution in [3.63, 3.8) is 0 Å². The molecule has 5 N–H and O–H groups in total. The summed E-state index contributed by atoms with van der Waals surface area (Å²) >= 11 is 5.84. The summed E-state index contributed by atoms with van der Waals surface area (Å²) < 4.78 is 22.9. The zero-order valence-electron chi connectivity index (χ0n) is 11.8. The van der Waals surface area contributed by atoms with Gasteiger partial charge in [-0.15, -0.1) is 0 Å². The largest absolute Gasteiger partial charge is 0.368 e. The first kappa shape index (κ1) is 16.5. The van der Waals surface area contributed by atoms with Gasteiger partial charge in [-0.3, -0.25) is 0 Å². The van der Waals surface area contributed by atoms with Gasteiger partial charge in [0.15, 0.2) is 0 Å². The molecule has 0 aliphatic heterocycles. The molecule has 1 heterocycles. The maximum absolute atomic E-state index is 11.4. The normalized spacial score (nSPS) is 12.9. The molecule has 7 nitrogen and oxygen atoms in total. The van der Waals surface area contributed by atoms with Crippen molar-refractivity contribution < 1.29 is 8.42 Å². The molecule has 0 bridgehead atoms. The van der Waals surface area contributed by atoms with Crippen LogP contribution in [0.3, 0.4) is 0 Å². The summed E-state index contributed by atoms with van der Waals surface area (Å²) in [6, 6.07) is 7.80. The molecule has 2 rings (SSSR count). The monoisotopic (exact) mass is 341 g/mol. The van der Waals surface area contributed by atoms with Crippen LogP contribution in [0.25, 0.3) is 0 Å². The summed E-state index contributed by atoms with van der Waals surface area (Å²) in [5.74, 6) is 0.522. The molecule has 0 radical (unpaired) electrons. The first-order chi connectivity index (χ1) is 10.3. The fraction of sp³-hybridized carbons (Fsp3) is 0.231. The van der Waals surface area contributed by atoms with E-state index in [1.807, 2.05) is 13.0 Å². The van der Waals surface area contributed by atoms with Crippen LogP contribution in [-0.4, -0.2) is 18.4 Å². The number of nitrogens with zero attached hydrogens (tertiary/aromatic N) is 2. The van der Waals surface area contributed by atoms with Gasteiger partial charge >= 0.3 is 0 Å². The van der Waals surface area contributed by atoms with E-state index < -0.39 is 10.0 Å². The Hall–Kier alpha value is -1.90. The first-order valence-electron chi connectivity index (χ1n) is 6.49. The van der Waals surface area contributed by atoms with Crippen molar-refractivity contribution in [1.82, 2.24) is 9.97 Å². The zero-order valence-corrected chi connectivity index (χ0v) is 13.4. The van der Waals surface area contributed by atoms with Crippen molar-refractivity contribution >= 4 is 33.4 Å². The Morgan fingerprint density at radius 3 is 2.64 bits per heavy atom. The third-order valence-electron chi connectivity index (χ3n) is 3.03. The number of hydrogen-bond donors (Lipinski definition) is 3. The molecule has 0 aliphatic rings. The third-order valence-corrected chi connectivity index (χ3v) is 4.14. The average Bonchev–Trinajstić information content (AvgIpc) is 2.43. The van der Waals surface area contributed by atoms with Crippen LogP contribution in [0.15, 0.2) is 35.2 Å². The highest BCUT2D eigenvalue weighted by Crippen LogP contribution is 2.24. The van der Waals surface area contributed by atoms with Crippen LogP contribution in [-0.2, 0) is 10.0 Å². The van der Waals surface area contributed by atoms with Crippen molar-refractivity contribution in [2.75, 3.05) is 11.1 Å². The lowest BCUT2D eigenvalue weighted by Gasteiger charge is -2.19. The van der Waals surface area contributed by atoms with E-state index in [0.29, 0.717) is 12.2 Å². The Balaban J connectivity index is 2.32. The number of primary sulfonamides is 1. The third kappa shape index (κ3) is 4.06. The van der Waals surface area contributed by atoms with Crippen molar-refractivity contribution in [2.45, 2.75) is 24.3 Å². The number of hydrogen-bond acceptors (Lipinski definition) is 6. The molecular weight excluding hydrogens is 326 g/mol. The highest BCUT2D eigenvalue weighted by atomic mass is 35.5. The van der Waals surface area contributed by atoms with Gasteiger partial charge in [0.1, 0.15) is 11.0 Å². The van der Waals surface area contributed by atoms with Crippen molar-refractivity contribution in [2.24, 2.45) is 5.14 Å². The minimum atomic E-state index is -3.75. The van der Waals surface area contributed by atoms with E-state index in [0.717, 1.165) is 5.56 Å². The molecule has 9 heteroatoms. The second kappa shape index (κ2) is 6.47. The molecule has 2 aromatic rings. The van der Waals surface area contributed by atoms with Crippen LogP contribution in [0.1, 0.15) is 24.9 Å². The highest BCUT2D eigenvalue weighted by Gasteiger charge is 2.14. The number of sulfonamides is 1. The molecule has 1 unspecified atom stereocenters. The van der Waals surface area contributed by atoms with Gasteiger partial charge in [-0.25, -0.2) is 18.5 Å². The van der Waals surface area contributed by atoms with Crippen LogP contribution in [0.5, 0.6) is 0 Å². The number of anilines is 2. The minimum absolute atomic E-state index is 0.0585. The van der Waals surface area contributed by atoms with Gasteiger partial charge in [-0.2, -0.15) is 4.98 Å². The van der Waals surface area contributed by atoms with Gasteiger partial charge in [0, 0.05) is 6.07 Å². The van der Waals surface area contributed by atoms with Gasteiger partial charge in [0.2, 0.25) is 16.0 Å². The lowest BCUT2D eigenvalue weighted by Crippen LogP contribution is -2.15. The van der Waals surface area contributed by atoms with Gasteiger partial charge in [0.05, 0.1) is 10.9 Å². The standard InChI is InChI=1S/C13H16ClN5O2S/c1-2-10(17-12-7-11(14)18-13(15)19-12)8-4-3-5-9(6-8)22(16,20)21/h3-7,10H,2H2,1H3,(H2,16,20,21)(H3,15,17,18,19). The number of aromatic nitrogens is 2. The van der Waals surface area contributed by atoms with E-state index in [-0.39, 0.29) is 22.0 Å². The van der Waals surface area contributed by atoms with Crippen molar-refractivity contribution in [3.8, 4) is 0 Å². The second-order valence-electron chi connectivity index (χ2n) is 4.66. The Kier molecular flexibility index (Phi) is 4.84. The molecule has 1 atom stereocenters. The number of nitrogen functional groups attached to an aromatic ring is 1. The van der Waals surface area contributed by atoms with Crippen LogP contribution in [0, 0.1) is 0 Å². The van der Waals surface area contributed by atoms with E-state index in [1.165, 1.54) is 12.1 Å². The van der Waals surface area contributed by atoms with Crippen LogP contribution < -0.4 is 16.2 Å². The summed E-state index contributed by atoms with van der Waals surface area (Å²) in [7, 11) is -3.75. The molecule has 0 spiro atoms. The highest BCUT2D eigenvalue weighted by molar-refractivity contribution is 7.89. The number of benzene rings is 1. The summed E-state index contributed by atoms with van der Waals surface area (Å²) in [4.78, 5) is 7.89. The van der Waals surface area contributed by atoms with Crippen LogP contribution in [0.2, 0.25) is 5.15 Å². The van der Waals surface area contributed by atoms with E-state index in [9.17, 15) is 8.42 Å². The molecule has 22 heavy (non-hydrogen) atoms. The Labute approximate surface area is 133 Å². The van der Waals surface area contributed by atoms with Gasteiger partial charge in [0.25, 0.3) is 0 Å². The lowest BCUT2D eigenvalue weighted by atomic mass is 10.0. The molecule has 0 aliphatic carbocycles. The van der Waals surface area contributed by atoms with E-state index in [1.54, 1.807) is 12.1 Å². The van der Waals surface area contributed by atoms with Crippen LogP contribution in [0.4, 0.5) is 11.8 Å². The molecule has 0 saturated heterocycles. The lowest BCUT2D eigenvalue weighted by molar-refractivity contribution is 0.597. The van der Waals surface area contributed by atoms with E-state index in [2.05, 4.69) is 15.3 Å². The maximum atomic E-state index is 11.4. The predicted octanol–water partition coefficient (Wildman–Crippen LogP) is 1.92. The summed E-state index contributed by atoms with van der Waals surface area (Å²) in [5, 5.41) is 8.54. The Morgan fingerprint density at radius 2 is 2.05 bits per heavy atom. The van der Waals surface area contributed by atoms with Gasteiger partial charge in [-0.05, 0) is 24.1 Å². The maximum Gasteiger partial charge on any atom is 0.238 e. The van der Waals surface area contributed by atoms with Gasteiger partial charge < -0.3 is 11.1 Å². The SMILES string of the molecule is CCC(Nc1cc(Cl)nc(N)n1)c1cccc(S(N)(=O)=O)c1. The Morgan fingerprint density at radius 1 is 1.32 bits per heavy atom. The number of rotatable bonds is 5. The molecule has 1 aromatic heterocycles. The Bertz CT molecular complexity index is 761. The molecule has 0 saturated carbocycles. The molecule has 0 fully saturated rings. The van der Waals surface area contributed by atoms with Crippen LogP contribution >= 0.6 is 11.6 Å². The second-order valence-corrected chi connectivity index (χ2v) is 6.61. The first-order valence-corrected chi connectivity index (χ1v) is 8.41. The molecule has 1 aromatic carbocycles. The number of halogens is 1. The predicted molar refractivity (Wildman–Crippen MR) is 85.9 cm³/mol. The molecular formula is C13H16ClN5O2S. The number of nitrogens with two attached hydrogens (primary N) is 2. The molecule has 118 valence electrons. The fourth-order valence-corrected chi connectivity index (χ4v) is 2.78. The fourth-order valence-electron chi connectivity index (χ4n) is 2.02. The van der Waals surface area contributed by atoms with E-state index >= 15 is 0 Å². The number of nitrogens with one attached hydrogen (secondary N) is 1. The summed E-state index contributed by atoms with van der Waals surface area (Å²) in [5.41, 5.74) is 6.32. The van der Waals surface area contributed by atoms with E-state index in [4.69, 9.17) is 22.5 Å². The summed E-state index contributed by atoms with van der Waals surface area (Å²) in [6.07, 6.45) is 0.690. The van der Waals surface area contributed by atoms with Crippen molar-refractivity contribution in [1.29, 1.82) is 0 Å². The minimum Gasteiger partial charge on any atom is -0.368 e. The smallest absolute Gasteiger partial charge is 0.238 e. The average molecular weight is 342 g/mol. The molecule has 0 amide bonds. The van der Waals surface area contributed by atoms with Gasteiger partial charge in [-0.1, -0.05) is 30.7 Å². The zero-order chi connectivity index (χ0) is 16.3. The topological polar surface area (TPSA) is 124 Å². The van der Waals surface area contributed by atoms with Crippen molar-refractivity contribution in [3.05, 3.63) is 41.0 Å². The quantitative estimate of drug-likeness (QED) is 0.714.